The number of benzene rings is 1. The zero-order valence-electron chi connectivity index (χ0n) is 15.2. The second-order valence-electron chi connectivity index (χ2n) is 6.31. The lowest BCUT2D eigenvalue weighted by atomic mass is 10.2. The number of rotatable bonds is 6. The first-order valence-corrected chi connectivity index (χ1v) is 11.3. The van der Waals surface area contributed by atoms with Gasteiger partial charge in [-0.25, -0.2) is 9.97 Å². The Morgan fingerprint density at radius 2 is 1.96 bits per heavy atom. The van der Waals surface area contributed by atoms with Crippen molar-refractivity contribution in [3.63, 3.8) is 0 Å². The number of thioether (sulfide) groups is 1. The summed E-state index contributed by atoms with van der Waals surface area (Å²) in [6.45, 7) is 4.10. The Morgan fingerprint density at radius 3 is 2.71 bits per heavy atom. The van der Waals surface area contributed by atoms with Gasteiger partial charge in [0.05, 0.1) is 5.75 Å². The van der Waals surface area contributed by atoms with Gasteiger partial charge in [-0.3, -0.25) is 10.1 Å². The number of anilines is 1. The van der Waals surface area contributed by atoms with E-state index in [0.29, 0.717) is 11.0 Å². The molecular formula is C19H17N5OS3. The first-order valence-electron chi connectivity index (χ1n) is 8.66. The maximum Gasteiger partial charge on any atom is 0.236 e. The zero-order chi connectivity index (χ0) is 19.5. The van der Waals surface area contributed by atoms with Crippen molar-refractivity contribution in [2.75, 3.05) is 11.1 Å². The summed E-state index contributed by atoms with van der Waals surface area (Å²) in [5.41, 5.74) is 1.15. The van der Waals surface area contributed by atoms with Crippen molar-refractivity contribution >= 4 is 55.7 Å². The Bertz CT molecular complexity index is 1110. The molecule has 0 atom stereocenters. The fraction of sp³-hybridized carbons (Fsp3) is 0.211. The number of fused-ring (bicyclic) bond motifs is 1. The number of nitrogens with zero attached hydrogens (tertiary/aromatic N) is 4. The highest BCUT2D eigenvalue weighted by atomic mass is 32.2. The molecule has 1 amide bonds. The first kappa shape index (κ1) is 19.0. The Labute approximate surface area is 174 Å². The minimum atomic E-state index is -0.123. The third-order valence-corrected chi connectivity index (χ3v) is 7.11. The summed E-state index contributed by atoms with van der Waals surface area (Å²) < 4.78 is 0. The third-order valence-electron chi connectivity index (χ3n) is 3.87. The quantitative estimate of drug-likeness (QED) is 0.342. The molecule has 0 spiro atoms. The monoisotopic (exact) mass is 427 g/mol. The molecule has 0 unspecified atom stereocenters. The number of aromatic nitrogens is 4. The number of carbonyl (C=O) groups excluding carboxylic acids is 1. The van der Waals surface area contributed by atoms with Crippen LogP contribution in [0.25, 0.3) is 20.7 Å². The van der Waals surface area contributed by atoms with E-state index < -0.39 is 0 Å². The van der Waals surface area contributed by atoms with E-state index >= 15 is 0 Å². The molecule has 0 radical (unpaired) electrons. The number of hydrogen-bond acceptors (Lipinski definition) is 8. The van der Waals surface area contributed by atoms with E-state index in [1.54, 1.807) is 17.7 Å². The molecule has 1 N–H and O–H groups in total. The lowest BCUT2D eigenvalue weighted by molar-refractivity contribution is -0.113. The normalized spacial score (nSPS) is 11.2. The van der Waals surface area contributed by atoms with Gasteiger partial charge in [0.25, 0.3) is 0 Å². The minimum Gasteiger partial charge on any atom is -0.300 e. The average molecular weight is 428 g/mol. The van der Waals surface area contributed by atoms with Crippen molar-refractivity contribution < 1.29 is 4.79 Å². The van der Waals surface area contributed by atoms with Crippen LogP contribution in [0.2, 0.25) is 0 Å². The van der Waals surface area contributed by atoms with E-state index in [1.165, 1.54) is 23.1 Å². The van der Waals surface area contributed by atoms with E-state index in [4.69, 9.17) is 0 Å². The number of thiophene rings is 1. The number of hydrogen-bond donors (Lipinski definition) is 1. The molecule has 3 heterocycles. The molecule has 3 aromatic heterocycles. The highest BCUT2D eigenvalue weighted by molar-refractivity contribution is 8.00. The predicted octanol–water partition coefficient (Wildman–Crippen LogP) is 5.06. The Balaban J connectivity index is 1.47. The SMILES string of the molecule is CC(C)c1nnc(NC(=O)CSc2ncnc3sc(-c4ccccc4)cc23)s1. The Morgan fingerprint density at radius 1 is 1.14 bits per heavy atom. The van der Waals surface area contributed by atoms with Gasteiger partial charge < -0.3 is 0 Å². The molecule has 0 fully saturated rings. The van der Waals surface area contributed by atoms with Crippen LogP contribution >= 0.6 is 34.4 Å². The van der Waals surface area contributed by atoms with Crippen LogP contribution in [0.4, 0.5) is 5.13 Å². The molecule has 0 aliphatic carbocycles. The lowest BCUT2D eigenvalue weighted by Crippen LogP contribution is -2.13. The molecule has 9 heteroatoms. The van der Waals surface area contributed by atoms with Crippen LogP contribution in [0.5, 0.6) is 0 Å². The van der Waals surface area contributed by atoms with Crippen molar-refractivity contribution in [1.29, 1.82) is 0 Å². The van der Waals surface area contributed by atoms with Crippen LogP contribution in [0.15, 0.2) is 47.8 Å². The van der Waals surface area contributed by atoms with Gasteiger partial charge in [-0.15, -0.1) is 21.5 Å². The van der Waals surface area contributed by atoms with Crippen LogP contribution in [-0.2, 0) is 4.79 Å². The maximum atomic E-state index is 12.3. The van der Waals surface area contributed by atoms with Crippen LogP contribution < -0.4 is 5.32 Å². The summed E-state index contributed by atoms with van der Waals surface area (Å²) in [6, 6.07) is 12.3. The van der Waals surface area contributed by atoms with Gasteiger partial charge >= 0.3 is 0 Å². The predicted molar refractivity (Wildman–Crippen MR) is 116 cm³/mol. The molecule has 0 aliphatic rings. The minimum absolute atomic E-state index is 0.123. The maximum absolute atomic E-state index is 12.3. The van der Waals surface area contributed by atoms with Gasteiger partial charge in [0.15, 0.2) is 0 Å². The molecular weight excluding hydrogens is 410 g/mol. The molecule has 6 nitrogen and oxygen atoms in total. The number of nitrogens with one attached hydrogen (secondary N) is 1. The molecule has 0 saturated heterocycles. The van der Waals surface area contributed by atoms with Gasteiger partial charge in [0.1, 0.15) is 21.2 Å². The molecule has 28 heavy (non-hydrogen) atoms. The molecule has 4 aromatic rings. The second-order valence-corrected chi connectivity index (χ2v) is 9.32. The van der Waals surface area contributed by atoms with Crippen molar-refractivity contribution in [3.8, 4) is 10.4 Å². The first-order chi connectivity index (χ1) is 13.6. The van der Waals surface area contributed by atoms with E-state index in [0.717, 1.165) is 30.7 Å². The lowest BCUT2D eigenvalue weighted by Gasteiger charge is -2.02. The summed E-state index contributed by atoms with van der Waals surface area (Å²) in [5, 5.41) is 14.1. The highest BCUT2D eigenvalue weighted by Gasteiger charge is 2.14. The summed E-state index contributed by atoms with van der Waals surface area (Å²) in [4.78, 5) is 23.1. The third kappa shape index (κ3) is 4.21. The van der Waals surface area contributed by atoms with Gasteiger partial charge in [0, 0.05) is 16.2 Å². The van der Waals surface area contributed by atoms with E-state index in [1.807, 2.05) is 32.0 Å². The smallest absolute Gasteiger partial charge is 0.236 e. The topological polar surface area (TPSA) is 80.7 Å². The molecule has 0 bridgehead atoms. The van der Waals surface area contributed by atoms with Crippen LogP contribution in [0, 0.1) is 0 Å². The van der Waals surface area contributed by atoms with Crippen molar-refractivity contribution in [2.45, 2.75) is 24.8 Å². The number of carbonyl (C=O) groups is 1. The van der Waals surface area contributed by atoms with Gasteiger partial charge in [-0.1, -0.05) is 67.3 Å². The second kappa shape index (κ2) is 8.34. The summed E-state index contributed by atoms with van der Waals surface area (Å²) in [6.07, 6.45) is 1.55. The summed E-state index contributed by atoms with van der Waals surface area (Å²) in [5.74, 6) is 0.421. The summed E-state index contributed by atoms with van der Waals surface area (Å²) >= 11 is 4.43. The van der Waals surface area contributed by atoms with Crippen molar-refractivity contribution in [2.24, 2.45) is 0 Å². The number of amides is 1. The van der Waals surface area contributed by atoms with E-state index in [2.05, 4.69) is 43.7 Å². The van der Waals surface area contributed by atoms with Crippen LogP contribution in [0.1, 0.15) is 24.8 Å². The van der Waals surface area contributed by atoms with Crippen LogP contribution in [-0.4, -0.2) is 31.8 Å². The fourth-order valence-electron chi connectivity index (χ4n) is 2.50. The molecule has 4 rings (SSSR count). The van der Waals surface area contributed by atoms with Crippen molar-refractivity contribution in [3.05, 3.63) is 47.7 Å². The molecule has 142 valence electrons. The molecule has 0 saturated carbocycles. The summed E-state index contributed by atoms with van der Waals surface area (Å²) in [7, 11) is 0. The van der Waals surface area contributed by atoms with Gasteiger partial charge in [-0.05, 0) is 11.6 Å². The zero-order valence-corrected chi connectivity index (χ0v) is 17.7. The van der Waals surface area contributed by atoms with Gasteiger partial charge in [-0.2, -0.15) is 0 Å². The standard InChI is InChI=1S/C19H17N5OS3/c1-11(2)16-23-24-19(28-16)22-15(25)9-26-17-13-8-14(12-6-4-3-5-7-12)27-18(13)21-10-20-17/h3-8,10-11H,9H2,1-2H3,(H,22,24,25). The average Bonchev–Trinajstić information content (AvgIpc) is 3.34. The van der Waals surface area contributed by atoms with E-state index in [-0.39, 0.29) is 11.7 Å². The largest absolute Gasteiger partial charge is 0.300 e. The fourth-order valence-corrected chi connectivity index (χ4v) is 5.10. The Kier molecular flexibility index (Phi) is 5.65. The van der Waals surface area contributed by atoms with E-state index in [9.17, 15) is 4.79 Å². The Hall–Kier alpha value is -2.36. The van der Waals surface area contributed by atoms with Gasteiger partial charge in [0.2, 0.25) is 11.0 Å². The highest BCUT2D eigenvalue weighted by Crippen LogP contribution is 2.36. The molecule has 1 aromatic carbocycles. The molecule has 0 aliphatic heterocycles. The van der Waals surface area contributed by atoms with Crippen molar-refractivity contribution in [1.82, 2.24) is 20.2 Å². The van der Waals surface area contributed by atoms with Crippen LogP contribution in [0.3, 0.4) is 0 Å².